The second-order valence-electron chi connectivity index (χ2n) is 5.64. The second kappa shape index (κ2) is 9.47. The van der Waals surface area contributed by atoms with Crippen molar-refractivity contribution in [3.8, 4) is 5.75 Å². The maximum atomic E-state index is 12.1. The first-order valence-electron chi connectivity index (χ1n) is 8.57. The van der Waals surface area contributed by atoms with E-state index < -0.39 is 11.8 Å². The third-order valence-corrected chi connectivity index (χ3v) is 3.67. The number of nitrogens with one attached hydrogen (secondary N) is 2. The zero-order valence-corrected chi connectivity index (χ0v) is 14.7. The van der Waals surface area contributed by atoms with E-state index in [4.69, 9.17) is 4.74 Å². The van der Waals surface area contributed by atoms with Gasteiger partial charge in [-0.1, -0.05) is 37.6 Å². The van der Waals surface area contributed by atoms with Gasteiger partial charge in [-0.15, -0.1) is 0 Å². The fourth-order valence-electron chi connectivity index (χ4n) is 2.35. The van der Waals surface area contributed by atoms with Crippen molar-refractivity contribution in [3.63, 3.8) is 0 Å². The molecule has 2 N–H and O–H groups in total. The maximum absolute atomic E-state index is 12.1. The molecule has 25 heavy (non-hydrogen) atoms. The third kappa shape index (κ3) is 5.64. The Bertz CT molecular complexity index is 711. The predicted octanol–water partition coefficient (Wildman–Crippen LogP) is 4.01. The summed E-state index contributed by atoms with van der Waals surface area (Å²) in [6.07, 6.45) is 3.29. The number of aryl methyl sites for hydroxylation is 1. The molecule has 0 spiro atoms. The minimum atomic E-state index is -0.734. The molecule has 132 valence electrons. The zero-order chi connectivity index (χ0) is 18.1. The molecule has 0 atom stereocenters. The van der Waals surface area contributed by atoms with Crippen LogP contribution < -0.4 is 15.4 Å². The molecule has 0 saturated carbocycles. The number of hydrogen-bond donors (Lipinski definition) is 2. The van der Waals surface area contributed by atoms with Gasteiger partial charge in [-0.2, -0.15) is 0 Å². The Kier molecular flexibility index (Phi) is 7.01. The highest BCUT2D eigenvalue weighted by atomic mass is 16.5. The van der Waals surface area contributed by atoms with Crippen molar-refractivity contribution in [1.29, 1.82) is 0 Å². The van der Waals surface area contributed by atoms with E-state index in [9.17, 15) is 9.59 Å². The standard InChI is InChI=1S/C20H24N2O3/c1-3-5-8-15-11-13-16(14-12-15)21-19(23)20(24)22-17-9-6-7-10-18(17)25-4-2/h6-7,9-14H,3-5,8H2,1-2H3,(H,21,23)(H,22,24). The molecule has 2 rings (SSSR count). The Morgan fingerprint density at radius 3 is 2.28 bits per heavy atom. The smallest absolute Gasteiger partial charge is 0.314 e. The van der Waals surface area contributed by atoms with Crippen LogP contribution in [0.3, 0.4) is 0 Å². The maximum Gasteiger partial charge on any atom is 0.314 e. The number of unbranched alkanes of at least 4 members (excludes halogenated alkanes) is 1. The molecule has 0 saturated heterocycles. The van der Waals surface area contributed by atoms with Crippen molar-refractivity contribution in [2.75, 3.05) is 17.2 Å². The van der Waals surface area contributed by atoms with Gasteiger partial charge in [0.15, 0.2) is 0 Å². The molecule has 0 heterocycles. The molecule has 5 heteroatoms. The summed E-state index contributed by atoms with van der Waals surface area (Å²) in [7, 11) is 0. The monoisotopic (exact) mass is 340 g/mol. The lowest BCUT2D eigenvalue weighted by molar-refractivity contribution is -0.133. The average Bonchev–Trinajstić information content (AvgIpc) is 2.63. The van der Waals surface area contributed by atoms with Gasteiger partial charge in [0.2, 0.25) is 0 Å². The molecule has 5 nitrogen and oxygen atoms in total. The van der Waals surface area contributed by atoms with Gasteiger partial charge in [-0.3, -0.25) is 9.59 Å². The number of benzene rings is 2. The van der Waals surface area contributed by atoms with Crippen LogP contribution in [-0.4, -0.2) is 18.4 Å². The number of anilines is 2. The molecule has 0 radical (unpaired) electrons. The molecular formula is C20H24N2O3. The van der Waals surface area contributed by atoms with Crippen LogP contribution in [0, 0.1) is 0 Å². The second-order valence-corrected chi connectivity index (χ2v) is 5.64. The lowest BCUT2D eigenvalue weighted by Gasteiger charge is -2.11. The summed E-state index contributed by atoms with van der Waals surface area (Å²) in [5.74, 6) is -0.916. The van der Waals surface area contributed by atoms with Crippen molar-refractivity contribution in [1.82, 2.24) is 0 Å². The molecule has 0 aliphatic carbocycles. The minimum absolute atomic E-state index is 0.472. The van der Waals surface area contributed by atoms with E-state index in [1.54, 1.807) is 24.3 Å². The van der Waals surface area contributed by atoms with Gasteiger partial charge in [0.25, 0.3) is 0 Å². The summed E-state index contributed by atoms with van der Waals surface area (Å²) in [6.45, 7) is 4.48. The van der Waals surface area contributed by atoms with Gasteiger partial charge in [-0.25, -0.2) is 0 Å². The number of para-hydroxylation sites is 2. The van der Waals surface area contributed by atoms with Crippen LogP contribution in [0.25, 0.3) is 0 Å². The molecule has 2 amide bonds. The van der Waals surface area contributed by atoms with Gasteiger partial charge in [0.1, 0.15) is 5.75 Å². The van der Waals surface area contributed by atoms with Crippen LogP contribution >= 0.6 is 0 Å². The highest BCUT2D eigenvalue weighted by Crippen LogP contribution is 2.23. The number of carbonyl (C=O) groups excluding carboxylic acids is 2. The number of hydrogen-bond acceptors (Lipinski definition) is 3. The predicted molar refractivity (Wildman–Crippen MR) is 99.9 cm³/mol. The zero-order valence-electron chi connectivity index (χ0n) is 14.7. The first-order valence-corrected chi connectivity index (χ1v) is 8.57. The molecule has 0 aliphatic rings. The molecule has 0 fully saturated rings. The molecule has 0 bridgehead atoms. The molecular weight excluding hydrogens is 316 g/mol. The SMILES string of the molecule is CCCCc1ccc(NC(=O)C(=O)Nc2ccccc2OCC)cc1. The van der Waals surface area contributed by atoms with E-state index in [1.807, 2.05) is 31.2 Å². The van der Waals surface area contributed by atoms with E-state index in [2.05, 4.69) is 17.6 Å². The molecule has 2 aromatic carbocycles. The molecule has 0 aliphatic heterocycles. The fraction of sp³-hybridized carbons (Fsp3) is 0.300. The number of amides is 2. The van der Waals surface area contributed by atoms with E-state index in [0.29, 0.717) is 23.7 Å². The largest absolute Gasteiger partial charge is 0.492 e. The Balaban J connectivity index is 1.95. The van der Waals surface area contributed by atoms with Crippen molar-refractivity contribution in [3.05, 3.63) is 54.1 Å². The number of rotatable bonds is 7. The van der Waals surface area contributed by atoms with Crippen LogP contribution in [0.1, 0.15) is 32.3 Å². The molecule has 2 aromatic rings. The Labute approximate surface area is 148 Å². The van der Waals surface area contributed by atoms with Gasteiger partial charge in [0, 0.05) is 5.69 Å². The summed E-state index contributed by atoms with van der Waals surface area (Å²) in [5.41, 5.74) is 2.29. The molecule has 0 aromatic heterocycles. The van der Waals surface area contributed by atoms with Gasteiger partial charge in [0.05, 0.1) is 12.3 Å². The summed E-state index contributed by atoms with van der Waals surface area (Å²) in [4.78, 5) is 24.2. The first kappa shape index (κ1) is 18.5. The highest BCUT2D eigenvalue weighted by molar-refractivity contribution is 6.43. The Hall–Kier alpha value is -2.82. The minimum Gasteiger partial charge on any atom is -0.492 e. The van der Waals surface area contributed by atoms with Crippen molar-refractivity contribution in [2.24, 2.45) is 0 Å². The van der Waals surface area contributed by atoms with Gasteiger partial charge in [-0.05, 0) is 49.6 Å². The van der Waals surface area contributed by atoms with Gasteiger partial charge < -0.3 is 15.4 Å². The average molecular weight is 340 g/mol. The Morgan fingerprint density at radius 2 is 1.60 bits per heavy atom. The van der Waals surface area contributed by atoms with Crippen molar-refractivity contribution < 1.29 is 14.3 Å². The summed E-state index contributed by atoms with van der Waals surface area (Å²) in [5, 5.41) is 5.18. The van der Waals surface area contributed by atoms with E-state index >= 15 is 0 Å². The topological polar surface area (TPSA) is 67.4 Å². The number of carbonyl (C=O) groups is 2. The highest BCUT2D eigenvalue weighted by Gasteiger charge is 2.16. The van der Waals surface area contributed by atoms with E-state index in [0.717, 1.165) is 19.3 Å². The van der Waals surface area contributed by atoms with Crippen LogP contribution in [0.15, 0.2) is 48.5 Å². The fourth-order valence-corrected chi connectivity index (χ4v) is 2.35. The lowest BCUT2D eigenvalue weighted by atomic mass is 10.1. The third-order valence-electron chi connectivity index (χ3n) is 3.67. The quantitative estimate of drug-likeness (QED) is 0.749. The number of ether oxygens (including phenoxy) is 1. The summed E-state index contributed by atoms with van der Waals surface area (Å²) in [6, 6.07) is 14.6. The normalized spacial score (nSPS) is 10.2. The summed E-state index contributed by atoms with van der Waals surface area (Å²) < 4.78 is 5.43. The molecule has 0 unspecified atom stereocenters. The van der Waals surface area contributed by atoms with Crippen LogP contribution in [0.4, 0.5) is 11.4 Å². The van der Waals surface area contributed by atoms with E-state index in [-0.39, 0.29) is 0 Å². The van der Waals surface area contributed by atoms with Gasteiger partial charge >= 0.3 is 11.8 Å². The summed E-state index contributed by atoms with van der Waals surface area (Å²) >= 11 is 0. The lowest BCUT2D eigenvalue weighted by Crippen LogP contribution is -2.29. The van der Waals surface area contributed by atoms with Crippen LogP contribution in [-0.2, 0) is 16.0 Å². The Morgan fingerprint density at radius 1 is 0.920 bits per heavy atom. The first-order chi connectivity index (χ1) is 12.1. The van der Waals surface area contributed by atoms with Crippen molar-refractivity contribution in [2.45, 2.75) is 33.1 Å². The van der Waals surface area contributed by atoms with E-state index in [1.165, 1.54) is 5.56 Å². The van der Waals surface area contributed by atoms with Crippen molar-refractivity contribution >= 4 is 23.2 Å². The van der Waals surface area contributed by atoms with Crippen LogP contribution in [0.2, 0.25) is 0 Å². The van der Waals surface area contributed by atoms with Crippen LogP contribution in [0.5, 0.6) is 5.75 Å².